The smallest absolute Gasteiger partial charge is 0.0595 e. The highest BCUT2D eigenvalue weighted by molar-refractivity contribution is 6.76. The first-order chi connectivity index (χ1) is 4.06. The summed E-state index contributed by atoms with van der Waals surface area (Å²) in [5.74, 6) is 0. The topological polar surface area (TPSA) is 32.3 Å². The van der Waals surface area contributed by atoms with Crippen molar-refractivity contribution in [2.24, 2.45) is 0 Å². The van der Waals surface area contributed by atoms with E-state index in [2.05, 4.69) is 25.0 Å². The molecule has 0 amide bonds. The minimum absolute atomic E-state index is 0.254. The fourth-order valence-corrected chi connectivity index (χ4v) is 1.47. The van der Waals surface area contributed by atoms with Crippen LogP contribution in [0.15, 0.2) is 0 Å². The van der Waals surface area contributed by atoms with E-state index in [1.54, 1.807) is 0 Å². The minimum atomic E-state index is -0.917. The Morgan fingerprint density at radius 2 is 1.89 bits per heavy atom. The van der Waals surface area contributed by atoms with Crippen LogP contribution in [0.25, 0.3) is 0 Å². The molecule has 0 unspecified atom stereocenters. The Morgan fingerprint density at radius 3 is 2.22 bits per heavy atom. The summed E-state index contributed by atoms with van der Waals surface area (Å²) in [5.41, 5.74) is 0. The van der Waals surface area contributed by atoms with E-state index in [-0.39, 0.29) is 6.61 Å². The fraction of sp³-hybridized carbons (Fsp3) is 1.00. The Hall–Kier alpha value is 0.137. The predicted octanol–water partition coefficient (Wildman–Crippen LogP) is 0.446. The Labute approximate surface area is 58.3 Å². The summed E-state index contributed by atoms with van der Waals surface area (Å²) in [6.45, 7) is 7.90. The molecule has 0 aromatic carbocycles. The van der Waals surface area contributed by atoms with Crippen molar-refractivity contribution >= 4 is 8.07 Å². The van der Waals surface area contributed by atoms with Gasteiger partial charge in [-0.15, -0.1) is 0 Å². The van der Waals surface area contributed by atoms with Gasteiger partial charge in [0.25, 0.3) is 0 Å². The Kier molecular flexibility index (Phi) is 4.09. The number of aliphatic hydroxyl groups is 1. The average Bonchev–Trinajstić information content (AvgIpc) is 1.63. The van der Waals surface area contributed by atoms with Crippen molar-refractivity contribution in [1.29, 1.82) is 0 Å². The molecule has 0 saturated heterocycles. The van der Waals surface area contributed by atoms with Gasteiger partial charge in [0.2, 0.25) is 0 Å². The number of aliphatic hydroxyl groups excluding tert-OH is 1. The van der Waals surface area contributed by atoms with Gasteiger partial charge in [-0.25, -0.2) is 0 Å². The molecule has 0 aromatic rings. The molecule has 0 aromatic heterocycles. The molecule has 0 aliphatic rings. The summed E-state index contributed by atoms with van der Waals surface area (Å²) in [6.07, 6.45) is 1.10. The lowest BCUT2D eigenvalue weighted by Gasteiger charge is -2.15. The van der Waals surface area contributed by atoms with Crippen LogP contribution in [-0.4, -0.2) is 32.5 Å². The first-order valence-electron chi connectivity index (χ1n) is 3.38. The molecule has 0 saturated carbocycles. The first-order valence-corrected chi connectivity index (χ1v) is 7.08. The number of hydrogen-bond acceptors (Lipinski definition) is 2. The van der Waals surface area contributed by atoms with Crippen molar-refractivity contribution in [1.82, 2.24) is 5.32 Å². The summed E-state index contributed by atoms with van der Waals surface area (Å²) in [5, 5.41) is 11.6. The van der Waals surface area contributed by atoms with Gasteiger partial charge in [0, 0.05) is 6.54 Å². The zero-order valence-corrected chi connectivity index (χ0v) is 7.57. The van der Waals surface area contributed by atoms with Crippen LogP contribution in [0, 0.1) is 0 Å². The predicted molar refractivity (Wildman–Crippen MR) is 43.3 cm³/mol. The highest BCUT2D eigenvalue weighted by Crippen LogP contribution is 1.95. The number of hydrogen-bond donors (Lipinski definition) is 2. The second-order valence-corrected chi connectivity index (χ2v) is 8.94. The van der Waals surface area contributed by atoms with Crippen LogP contribution in [0.2, 0.25) is 19.6 Å². The van der Waals surface area contributed by atoms with Gasteiger partial charge in [-0.05, 0) is 6.17 Å². The molecule has 0 radical (unpaired) electrons. The summed E-state index contributed by atoms with van der Waals surface area (Å²) in [7, 11) is -0.917. The molecule has 0 bridgehead atoms. The molecule has 0 rings (SSSR count). The van der Waals surface area contributed by atoms with Gasteiger partial charge >= 0.3 is 0 Å². The average molecular weight is 147 g/mol. The summed E-state index contributed by atoms with van der Waals surface area (Å²) < 4.78 is 0. The van der Waals surface area contributed by atoms with Crippen molar-refractivity contribution < 1.29 is 5.11 Å². The Morgan fingerprint density at radius 1 is 1.33 bits per heavy atom. The van der Waals surface area contributed by atoms with Crippen molar-refractivity contribution in [2.75, 3.05) is 19.3 Å². The van der Waals surface area contributed by atoms with Crippen LogP contribution >= 0.6 is 0 Å². The standard InChI is InChI=1S/C6H17NOSi/c1-9(2,3)6-7-4-5-8/h7-8H,4-6H2,1-3H3. The van der Waals surface area contributed by atoms with E-state index < -0.39 is 8.07 Å². The van der Waals surface area contributed by atoms with E-state index in [1.165, 1.54) is 0 Å². The van der Waals surface area contributed by atoms with E-state index in [9.17, 15) is 0 Å². The molecule has 56 valence electrons. The molecule has 2 N–H and O–H groups in total. The van der Waals surface area contributed by atoms with Crippen LogP contribution in [0.3, 0.4) is 0 Å². The van der Waals surface area contributed by atoms with E-state index >= 15 is 0 Å². The van der Waals surface area contributed by atoms with Gasteiger partial charge < -0.3 is 10.4 Å². The van der Waals surface area contributed by atoms with E-state index in [1.807, 2.05) is 0 Å². The minimum Gasteiger partial charge on any atom is -0.395 e. The van der Waals surface area contributed by atoms with Gasteiger partial charge in [-0.2, -0.15) is 0 Å². The van der Waals surface area contributed by atoms with Gasteiger partial charge in [0.05, 0.1) is 14.7 Å². The van der Waals surface area contributed by atoms with Crippen molar-refractivity contribution in [3.63, 3.8) is 0 Å². The van der Waals surface area contributed by atoms with E-state index in [0.29, 0.717) is 0 Å². The molecule has 2 nitrogen and oxygen atoms in total. The highest BCUT2D eigenvalue weighted by atomic mass is 28.3. The zero-order valence-electron chi connectivity index (χ0n) is 6.57. The van der Waals surface area contributed by atoms with Gasteiger partial charge in [0.1, 0.15) is 0 Å². The summed E-state index contributed by atoms with van der Waals surface area (Å²) in [4.78, 5) is 0. The van der Waals surface area contributed by atoms with Crippen molar-refractivity contribution in [3.05, 3.63) is 0 Å². The first kappa shape index (κ1) is 9.14. The highest BCUT2D eigenvalue weighted by Gasteiger charge is 2.10. The lowest BCUT2D eigenvalue weighted by atomic mass is 10.7. The zero-order chi connectivity index (χ0) is 7.33. The Balaban J connectivity index is 3.07. The molecular formula is C6H17NOSi. The van der Waals surface area contributed by atoms with Gasteiger partial charge in [-0.3, -0.25) is 0 Å². The largest absolute Gasteiger partial charge is 0.395 e. The van der Waals surface area contributed by atoms with Crippen LogP contribution in [-0.2, 0) is 0 Å². The lowest BCUT2D eigenvalue weighted by molar-refractivity contribution is 0.295. The summed E-state index contributed by atoms with van der Waals surface area (Å²) in [6, 6.07) is 0. The van der Waals surface area contributed by atoms with E-state index in [0.717, 1.165) is 12.7 Å². The van der Waals surface area contributed by atoms with Crippen LogP contribution in [0.1, 0.15) is 0 Å². The monoisotopic (exact) mass is 147 g/mol. The van der Waals surface area contributed by atoms with Gasteiger partial charge in [0.15, 0.2) is 0 Å². The quantitative estimate of drug-likeness (QED) is 0.447. The van der Waals surface area contributed by atoms with Crippen molar-refractivity contribution in [2.45, 2.75) is 19.6 Å². The van der Waals surface area contributed by atoms with Crippen LogP contribution < -0.4 is 5.32 Å². The number of rotatable bonds is 4. The second kappa shape index (κ2) is 4.03. The number of nitrogens with one attached hydrogen (secondary N) is 1. The molecule has 0 atom stereocenters. The molecule has 0 heterocycles. The van der Waals surface area contributed by atoms with Gasteiger partial charge in [-0.1, -0.05) is 19.6 Å². The van der Waals surface area contributed by atoms with E-state index in [4.69, 9.17) is 5.11 Å². The molecular weight excluding hydrogens is 130 g/mol. The maximum Gasteiger partial charge on any atom is 0.0595 e. The van der Waals surface area contributed by atoms with Crippen molar-refractivity contribution in [3.8, 4) is 0 Å². The summed E-state index contributed by atoms with van der Waals surface area (Å²) >= 11 is 0. The fourth-order valence-electron chi connectivity index (χ4n) is 0.542. The maximum atomic E-state index is 8.42. The third kappa shape index (κ3) is 8.14. The molecule has 3 heteroatoms. The second-order valence-electron chi connectivity index (χ2n) is 3.46. The maximum absolute atomic E-state index is 8.42. The molecule has 0 aliphatic carbocycles. The normalized spacial score (nSPS) is 12.0. The van der Waals surface area contributed by atoms with Crippen LogP contribution in [0.5, 0.6) is 0 Å². The van der Waals surface area contributed by atoms with Crippen LogP contribution in [0.4, 0.5) is 0 Å². The molecule has 9 heavy (non-hydrogen) atoms. The molecule has 0 spiro atoms. The Bertz CT molecular complexity index is 69.9. The third-order valence-corrected chi connectivity index (χ3v) is 2.25. The lowest BCUT2D eigenvalue weighted by Crippen LogP contribution is -2.37. The molecule has 0 fully saturated rings. The molecule has 0 aliphatic heterocycles. The SMILES string of the molecule is C[Si](C)(C)CNCCO. The third-order valence-electron chi connectivity index (χ3n) is 0.944.